The molecule has 2 aromatic carbocycles. The van der Waals surface area contributed by atoms with Crippen LogP contribution in [0.2, 0.25) is 5.02 Å². The lowest BCUT2D eigenvalue weighted by Crippen LogP contribution is -2.20. The van der Waals surface area contributed by atoms with Crippen LogP contribution in [0.3, 0.4) is 0 Å². The molecule has 5 nitrogen and oxygen atoms in total. The minimum absolute atomic E-state index is 0.292. The molecule has 0 radical (unpaired) electrons. The molecule has 4 aromatic rings. The average Bonchev–Trinajstić information content (AvgIpc) is 3.58. The highest BCUT2D eigenvalue weighted by molar-refractivity contribution is 7.90. The smallest absolute Gasteiger partial charge is 0.175 e. The number of nitrogens with zero attached hydrogens (tertiary/aromatic N) is 3. The molecule has 0 spiro atoms. The van der Waals surface area contributed by atoms with E-state index in [2.05, 4.69) is 6.07 Å². The van der Waals surface area contributed by atoms with Gasteiger partial charge in [0, 0.05) is 11.1 Å². The van der Waals surface area contributed by atoms with Gasteiger partial charge in [-0.05, 0) is 60.9 Å². The van der Waals surface area contributed by atoms with E-state index in [0.717, 1.165) is 58.1 Å². The number of hydrogen-bond donors (Lipinski definition) is 0. The van der Waals surface area contributed by atoms with Crippen LogP contribution in [0.1, 0.15) is 31.4 Å². The number of halogens is 1. The van der Waals surface area contributed by atoms with Gasteiger partial charge in [-0.25, -0.2) is 13.1 Å². The first-order chi connectivity index (χ1) is 16.3. The molecule has 1 aliphatic rings. The Morgan fingerprint density at radius 1 is 1.03 bits per heavy atom. The second kappa shape index (κ2) is 8.70. The quantitative estimate of drug-likeness (QED) is 0.302. The summed E-state index contributed by atoms with van der Waals surface area (Å²) in [6.45, 7) is 0. The van der Waals surface area contributed by atoms with Crippen LogP contribution in [0, 0.1) is 11.3 Å². The van der Waals surface area contributed by atoms with Crippen molar-refractivity contribution >= 4 is 32.8 Å². The monoisotopic (exact) mass is 507 g/mol. The van der Waals surface area contributed by atoms with Gasteiger partial charge >= 0.3 is 0 Å². The van der Waals surface area contributed by atoms with E-state index in [-0.39, 0.29) is 0 Å². The third-order valence-electron chi connectivity index (χ3n) is 6.36. The number of nitriles is 1. The molecule has 0 N–H and O–H groups in total. The SMILES string of the molecule is CS(=O)(=O)c1cccc(-c2ccc(-c3cc(C4(C#N)CCCC4)nn3-c3ccccc3Cl)s2)c1. The maximum atomic E-state index is 12.0. The number of benzene rings is 2. The van der Waals surface area contributed by atoms with E-state index in [4.69, 9.17) is 16.7 Å². The number of thiophene rings is 1. The van der Waals surface area contributed by atoms with Crippen LogP contribution in [0.4, 0.5) is 0 Å². The zero-order valence-electron chi connectivity index (χ0n) is 18.5. The van der Waals surface area contributed by atoms with Gasteiger partial charge in [0.15, 0.2) is 9.84 Å². The maximum absolute atomic E-state index is 12.0. The van der Waals surface area contributed by atoms with E-state index in [9.17, 15) is 13.7 Å². The summed E-state index contributed by atoms with van der Waals surface area (Å²) in [5.74, 6) is 0. The van der Waals surface area contributed by atoms with Crippen molar-refractivity contribution < 1.29 is 8.42 Å². The van der Waals surface area contributed by atoms with E-state index in [1.807, 2.05) is 53.2 Å². The van der Waals surface area contributed by atoms with Gasteiger partial charge in [0.1, 0.15) is 5.41 Å². The molecule has 0 saturated heterocycles. The molecule has 1 aliphatic carbocycles. The maximum Gasteiger partial charge on any atom is 0.175 e. The summed E-state index contributed by atoms with van der Waals surface area (Å²) in [7, 11) is -3.30. The zero-order chi connectivity index (χ0) is 23.9. The van der Waals surface area contributed by atoms with Crippen molar-refractivity contribution in [2.75, 3.05) is 6.26 Å². The summed E-state index contributed by atoms with van der Waals surface area (Å²) >= 11 is 8.09. The van der Waals surface area contributed by atoms with Crippen molar-refractivity contribution in [2.24, 2.45) is 0 Å². The predicted molar refractivity (Wildman–Crippen MR) is 136 cm³/mol. The van der Waals surface area contributed by atoms with Crippen LogP contribution in [0.25, 0.3) is 26.7 Å². The highest BCUT2D eigenvalue weighted by Gasteiger charge is 2.39. The summed E-state index contributed by atoms with van der Waals surface area (Å²) in [5.41, 5.74) is 2.65. The lowest BCUT2D eigenvalue weighted by Gasteiger charge is -2.16. The average molecular weight is 508 g/mol. The molecule has 0 bridgehead atoms. The van der Waals surface area contributed by atoms with Gasteiger partial charge in [-0.2, -0.15) is 10.4 Å². The fourth-order valence-electron chi connectivity index (χ4n) is 4.51. The molecule has 0 atom stereocenters. The molecule has 5 rings (SSSR count). The Morgan fingerprint density at radius 3 is 2.47 bits per heavy atom. The Morgan fingerprint density at radius 2 is 1.76 bits per heavy atom. The Balaban J connectivity index is 1.64. The van der Waals surface area contributed by atoms with Crippen LogP contribution < -0.4 is 0 Å². The summed E-state index contributed by atoms with van der Waals surface area (Å²) in [6.07, 6.45) is 4.85. The standard InChI is InChI=1S/C26H22ClN3O2S2/c1-34(31,32)19-8-6-7-18(15-19)23-11-12-24(33-23)22-16-25(26(17-28)13-4-5-14-26)29-30(22)21-10-3-2-9-20(21)27/h2-3,6-12,15-16H,4-5,13-14H2,1H3. The molecule has 2 aromatic heterocycles. The van der Waals surface area contributed by atoms with Crippen molar-refractivity contribution in [3.8, 4) is 32.8 Å². The minimum atomic E-state index is -3.30. The fraction of sp³-hybridized carbons (Fsp3) is 0.231. The molecule has 8 heteroatoms. The second-order valence-corrected chi connectivity index (χ2v) is 12.1. The molecule has 1 saturated carbocycles. The number of para-hydroxylation sites is 1. The second-order valence-electron chi connectivity index (χ2n) is 8.64. The van der Waals surface area contributed by atoms with Gasteiger partial charge in [-0.15, -0.1) is 11.3 Å². The van der Waals surface area contributed by atoms with E-state index in [1.165, 1.54) is 6.26 Å². The van der Waals surface area contributed by atoms with Crippen LogP contribution in [-0.2, 0) is 15.3 Å². The molecule has 172 valence electrons. The molecular formula is C26H22ClN3O2S2. The Labute approximate surface area is 208 Å². The molecule has 2 heterocycles. The molecule has 34 heavy (non-hydrogen) atoms. The van der Waals surface area contributed by atoms with Crippen molar-refractivity contribution in [2.45, 2.75) is 36.0 Å². The first kappa shape index (κ1) is 22.9. The number of sulfone groups is 1. The molecule has 0 amide bonds. The third kappa shape index (κ3) is 4.07. The Hall–Kier alpha value is -2.92. The van der Waals surface area contributed by atoms with Crippen molar-refractivity contribution in [1.29, 1.82) is 5.26 Å². The molecule has 0 aliphatic heterocycles. The third-order valence-corrected chi connectivity index (χ3v) is 8.94. The summed E-state index contributed by atoms with van der Waals surface area (Å²) in [5, 5.41) is 15.5. The van der Waals surface area contributed by atoms with Gasteiger partial charge < -0.3 is 0 Å². The molecular weight excluding hydrogens is 486 g/mol. The van der Waals surface area contributed by atoms with Crippen LogP contribution in [0.15, 0.2) is 71.6 Å². The van der Waals surface area contributed by atoms with Crippen molar-refractivity contribution in [1.82, 2.24) is 9.78 Å². The number of aromatic nitrogens is 2. The summed E-state index contributed by atoms with van der Waals surface area (Å²) in [6, 6.07) is 23.1. The highest BCUT2D eigenvalue weighted by atomic mass is 35.5. The zero-order valence-corrected chi connectivity index (χ0v) is 20.9. The Bertz CT molecular complexity index is 1520. The lowest BCUT2D eigenvalue weighted by molar-refractivity contribution is 0.547. The summed E-state index contributed by atoms with van der Waals surface area (Å²) in [4.78, 5) is 2.20. The van der Waals surface area contributed by atoms with E-state index in [1.54, 1.807) is 29.5 Å². The number of rotatable bonds is 5. The van der Waals surface area contributed by atoms with Gasteiger partial charge in [-0.1, -0.05) is 48.7 Å². The minimum Gasteiger partial charge on any atom is -0.230 e. The summed E-state index contributed by atoms with van der Waals surface area (Å²) < 4.78 is 25.9. The van der Waals surface area contributed by atoms with Crippen molar-refractivity contribution in [3.05, 3.63) is 77.4 Å². The Kier molecular flexibility index (Phi) is 5.85. The highest BCUT2D eigenvalue weighted by Crippen LogP contribution is 2.43. The topological polar surface area (TPSA) is 75.8 Å². The van der Waals surface area contributed by atoms with Crippen LogP contribution >= 0.6 is 22.9 Å². The van der Waals surface area contributed by atoms with E-state index < -0.39 is 15.3 Å². The van der Waals surface area contributed by atoms with E-state index in [0.29, 0.717) is 9.92 Å². The van der Waals surface area contributed by atoms with E-state index >= 15 is 0 Å². The largest absolute Gasteiger partial charge is 0.230 e. The molecule has 0 unspecified atom stereocenters. The fourth-order valence-corrected chi connectivity index (χ4v) is 6.40. The van der Waals surface area contributed by atoms with Gasteiger partial charge in [0.2, 0.25) is 0 Å². The lowest BCUT2D eigenvalue weighted by atomic mass is 9.84. The molecule has 1 fully saturated rings. The van der Waals surface area contributed by atoms with Crippen LogP contribution in [0.5, 0.6) is 0 Å². The van der Waals surface area contributed by atoms with Crippen molar-refractivity contribution in [3.63, 3.8) is 0 Å². The number of hydrogen-bond acceptors (Lipinski definition) is 5. The van der Waals surface area contributed by atoms with Gasteiger partial charge in [0.05, 0.1) is 37.9 Å². The normalized spacial score (nSPS) is 15.3. The first-order valence-electron chi connectivity index (χ1n) is 11.0. The predicted octanol–water partition coefficient (Wildman–Crippen LogP) is 6.66. The first-order valence-corrected chi connectivity index (χ1v) is 14.1. The van der Waals surface area contributed by atoms with Gasteiger partial charge in [0.25, 0.3) is 0 Å². The van der Waals surface area contributed by atoms with Crippen LogP contribution in [-0.4, -0.2) is 24.5 Å². The van der Waals surface area contributed by atoms with Gasteiger partial charge in [-0.3, -0.25) is 0 Å².